The van der Waals surface area contributed by atoms with E-state index in [2.05, 4.69) is 16.8 Å². The molecule has 2 aliphatic heterocycles. The van der Waals surface area contributed by atoms with Crippen LogP contribution in [0, 0.1) is 0 Å². The van der Waals surface area contributed by atoms with Crippen molar-refractivity contribution in [3.63, 3.8) is 0 Å². The molecule has 1 aromatic rings. The lowest BCUT2D eigenvalue weighted by atomic mass is 10.1. The van der Waals surface area contributed by atoms with Gasteiger partial charge in [-0.05, 0) is 38.1 Å². The summed E-state index contributed by atoms with van der Waals surface area (Å²) in [5, 5.41) is 0. The second-order valence-electron chi connectivity index (χ2n) is 5.09. The van der Waals surface area contributed by atoms with Gasteiger partial charge in [0.15, 0.2) is 0 Å². The molecule has 0 N–H and O–H groups in total. The first-order valence-electron chi connectivity index (χ1n) is 6.78. The molecule has 3 rings (SSSR count). The molecule has 2 saturated heterocycles. The summed E-state index contributed by atoms with van der Waals surface area (Å²) in [4.78, 5) is 20.9. The van der Waals surface area contributed by atoms with Crippen molar-refractivity contribution in [3.8, 4) is 0 Å². The average Bonchev–Trinajstić information content (AvgIpc) is 2.69. The van der Waals surface area contributed by atoms with Crippen LogP contribution in [0.2, 0.25) is 0 Å². The molecule has 3 heterocycles. The van der Waals surface area contributed by atoms with Crippen LogP contribution < -0.4 is 4.90 Å². The summed E-state index contributed by atoms with van der Waals surface area (Å²) in [6, 6.07) is 6.34. The minimum atomic E-state index is 0.215. The predicted octanol–water partition coefficient (Wildman–Crippen LogP) is 1.45. The largest absolute Gasteiger partial charge is 0.298 e. The lowest BCUT2D eigenvalue weighted by Crippen LogP contribution is -2.46. The Kier molecular flexibility index (Phi) is 3.04. The fourth-order valence-electron chi connectivity index (χ4n) is 2.67. The Hall–Kier alpha value is -1.42. The molecular formula is C14H19N3O. The molecule has 1 amide bonds. The van der Waals surface area contributed by atoms with Crippen LogP contribution in [0.5, 0.6) is 0 Å². The molecule has 0 bridgehead atoms. The van der Waals surface area contributed by atoms with Crippen molar-refractivity contribution in [1.29, 1.82) is 0 Å². The second kappa shape index (κ2) is 4.69. The zero-order valence-electron chi connectivity index (χ0n) is 10.8. The highest BCUT2D eigenvalue weighted by Gasteiger charge is 2.36. The molecule has 0 saturated carbocycles. The highest BCUT2D eigenvalue weighted by Crippen LogP contribution is 2.25. The number of aryl methyl sites for hydroxylation is 1. The first-order valence-corrected chi connectivity index (χ1v) is 6.78. The molecule has 1 atom stereocenters. The van der Waals surface area contributed by atoms with Crippen LogP contribution in [-0.2, 0) is 11.2 Å². The van der Waals surface area contributed by atoms with Gasteiger partial charge in [-0.15, -0.1) is 0 Å². The number of anilines is 1. The summed E-state index contributed by atoms with van der Waals surface area (Å²) in [7, 11) is 0. The topological polar surface area (TPSA) is 36.4 Å². The molecular weight excluding hydrogens is 226 g/mol. The van der Waals surface area contributed by atoms with Gasteiger partial charge in [-0.3, -0.25) is 14.6 Å². The Morgan fingerprint density at radius 3 is 2.89 bits per heavy atom. The number of pyridine rings is 1. The summed E-state index contributed by atoms with van der Waals surface area (Å²) in [6.07, 6.45) is 2.83. The lowest BCUT2D eigenvalue weighted by Gasteiger charge is -2.35. The monoisotopic (exact) mass is 245 g/mol. The maximum absolute atomic E-state index is 12.1. The van der Waals surface area contributed by atoms with E-state index in [0.717, 1.165) is 37.6 Å². The van der Waals surface area contributed by atoms with Crippen LogP contribution in [0.4, 0.5) is 5.82 Å². The average molecular weight is 245 g/mol. The molecule has 1 aromatic heterocycles. The molecule has 0 aromatic carbocycles. The van der Waals surface area contributed by atoms with Gasteiger partial charge in [0.2, 0.25) is 5.91 Å². The summed E-state index contributed by atoms with van der Waals surface area (Å²) in [5.74, 6) is 1.04. The maximum Gasteiger partial charge on any atom is 0.229 e. The highest BCUT2D eigenvalue weighted by molar-refractivity contribution is 5.95. The number of likely N-dealkylation sites (tertiary alicyclic amines) is 1. The van der Waals surface area contributed by atoms with E-state index < -0.39 is 0 Å². The molecule has 0 spiro atoms. The zero-order valence-corrected chi connectivity index (χ0v) is 10.8. The molecule has 2 fully saturated rings. The van der Waals surface area contributed by atoms with Gasteiger partial charge in [-0.1, -0.05) is 13.0 Å². The normalized spacial score (nSPS) is 24.4. The summed E-state index contributed by atoms with van der Waals surface area (Å²) in [6.45, 7) is 5.18. The smallest absolute Gasteiger partial charge is 0.229 e. The van der Waals surface area contributed by atoms with Gasteiger partial charge in [0.05, 0.1) is 0 Å². The summed E-state index contributed by atoms with van der Waals surface area (Å²) >= 11 is 0. The minimum absolute atomic E-state index is 0.215. The van der Waals surface area contributed by atoms with Gasteiger partial charge in [0, 0.05) is 24.7 Å². The van der Waals surface area contributed by atoms with Crippen molar-refractivity contribution >= 4 is 11.7 Å². The van der Waals surface area contributed by atoms with E-state index in [4.69, 9.17) is 0 Å². The van der Waals surface area contributed by atoms with Gasteiger partial charge in [-0.2, -0.15) is 0 Å². The van der Waals surface area contributed by atoms with Crippen molar-refractivity contribution in [2.45, 2.75) is 32.2 Å². The van der Waals surface area contributed by atoms with Gasteiger partial charge in [0.25, 0.3) is 0 Å². The van der Waals surface area contributed by atoms with E-state index in [1.807, 2.05) is 23.1 Å². The lowest BCUT2D eigenvalue weighted by molar-refractivity contribution is -0.117. The number of hydrogen-bond donors (Lipinski definition) is 0. The third kappa shape index (κ3) is 2.01. The molecule has 0 unspecified atom stereocenters. The highest BCUT2D eigenvalue weighted by atomic mass is 16.2. The van der Waals surface area contributed by atoms with Gasteiger partial charge < -0.3 is 0 Å². The van der Waals surface area contributed by atoms with Crippen molar-refractivity contribution < 1.29 is 4.79 Å². The molecule has 4 heteroatoms. The van der Waals surface area contributed by atoms with E-state index in [1.165, 1.54) is 6.42 Å². The summed E-state index contributed by atoms with van der Waals surface area (Å²) in [5.41, 5.74) is 1.05. The van der Waals surface area contributed by atoms with E-state index >= 15 is 0 Å². The van der Waals surface area contributed by atoms with Gasteiger partial charge in [0.1, 0.15) is 5.82 Å². The second-order valence-corrected chi connectivity index (χ2v) is 5.09. The molecule has 2 aliphatic rings. The van der Waals surface area contributed by atoms with Gasteiger partial charge >= 0.3 is 0 Å². The van der Waals surface area contributed by atoms with Crippen LogP contribution >= 0.6 is 0 Å². The van der Waals surface area contributed by atoms with E-state index in [9.17, 15) is 4.79 Å². The Balaban J connectivity index is 1.77. The number of aromatic nitrogens is 1. The maximum atomic E-state index is 12.1. The van der Waals surface area contributed by atoms with Gasteiger partial charge in [-0.25, -0.2) is 4.98 Å². The molecule has 0 radical (unpaired) electrons. The predicted molar refractivity (Wildman–Crippen MR) is 70.6 cm³/mol. The van der Waals surface area contributed by atoms with Crippen molar-refractivity contribution in [2.75, 3.05) is 24.5 Å². The number of nitrogens with zero attached hydrogens (tertiary/aromatic N) is 3. The third-order valence-electron chi connectivity index (χ3n) is 3.94. The van der Waals surface area contributed by atoms with Crippen molar-refractivity contribution in [2.24, 2.45) is 0 Å². The number of amides is 1. The van der Waals surface area contributed by atoms with Crippen molar-refractivity contribution in [3.05, 3.63) is 23.9 Å². The quantitative estimate of drug-likeness (QED) is 0.809. The first-order chi connectivity index (χ1) is 8.78. The molecule has 96 valence electrons. The van der Waals surface area contributed by atoms with E-state index in [-0.39, 0.29) is 5.91 Å². The van der Waals surface area contributed by atoms with Crippen LogP contribution in [0.15, 0.2) is 18.2 Å². The molecule has 4 nitrogen and oxygen atoms in total. The Bertz CT molecular complexity index is 456. The Labute approximate surface area is 108 Å². The Morgan fingerprint density at radius 2 is 2.22 bits per heavy atom. The SMILES string of the molecule is CCc1cccc(N2C[C@H](N3CCC3)CC2=O)n1. The number of rotatable bonds is 3. The van der Waals surface area contributed by atoms with E-state index in [0.29, 0.717) is 12.5 Å². The fourth-order valence-corrected chi connectivity index (χ4v) is 2.67. The zero-order chi connectivity index (χ0) is 12.5. The van der Waals surface area contributed by atoms with Crippen LogP contribution in [0.1, 0.15) is 25.5 Å². The molecule has 18 heavy (non-hydrogen) atoms. The van der Waals surface area contributed by atoms with E-state index in [1.54, 1.807) is 0 Å². The van der Waals surface area contributed by atoms with Crippen molar-refractivity contribution in [1.82, 2.24) is 9.88 Å². The summed E-state index contributed by atoms with van der Waals surface area (Å²) < 4.78 is 0. The van der Waals surface area contributed by atoms with Crippen LogP contribution in [0.25, 0.3) is 0 Å². The minimum Gasteiger partial charge on any atom is -0.298 e. The number of carbonyl (C=O) groups excluding carboxylic acids is 1. The first kappa shape index (κ1) is 11.7. The molecule has 0 aliphatic carbocycles. The number of carbonyl (C=O) groups is 1. The number of hydrogen-bond acceptors (Lipinski definition) is 3. The standard InChI is InChI=1S/C14H19N3O/c1-2-11-5-3-6-13(15-11)17-10-12(9-14(17)18)16-7-4-8-16/h3,5-6,12H,2,4,7-10H2,1H3/t12-/m1/s1. The van der Waals surface area contributed by atoms with Crippen LogP contribution in [-0.4, -0.2) is 41.5 Å². The van der Waals surface area contributed by atoms with Crippen LogP contribution in [0.3, 0.4) is 0 Å². The Morgan fingerprint density at radius 1 is 1.39 bits per heavy atom. The fraction of sp³-hybridized carbons (Fsp3) is 0.571. The third-order valence-corrected chi connectivity index (χ3v) is 3.94.